The van der Waals surface area contributed by atoms with Crippen LogP contribution in [0.1, 0.15) is 22.8 Å². The Kier molecular flexibility index (Phi) is 5.58. The van der Waals surface area contributed by atoms with Gasteiger partial charge in [0.1, 0.15) is 0 Å². The number of anilines is 2. The van der Waals surface area contributed by atoms with E-state index in [1.807, 2.05) is 13.0 Å². The average Bonchev–Trinajstić information content (AvgIpc) is 2.69. The van der Waals surface area contributed by atoms with Gasteiger partial charge in [-0.15, -0.1) is 0 Å². The Hall–Kier alpha value is -3.42. The van der Waals surface area contributed by atoms with Gasteiger partial charge in [-0.05, 0) is 36.8 Å². The summed E-state index contributed by atoms with van der Waals surface area (Å²) in [4.78, 5) is 38.4. The molecule has 2 amide bonds. The van der Waals surface area contributed by atoms with Gasteiger partial charge in [-0.3, -0.25) is 19.7 Å². The van der Waals surface area contributed by atoms with E-state index in [9.17, 15) is 19.7 Å². The number of benzene rings is 2. The van der Waals surface area contributed by atoms with Gasteiger partial charge in [-0.25, -0.2) is 0 Å². The first kappa shape index (κ1) is 19.3. The summed E-state index contributed by atoms with van der Waals surface area (Å²) in [5.74, 6) is -0.251. The van der Waals surface area contributed by atoms with Crippen molar-refractivity contribution in [1.29, 1.82) is 0 Å². The van der Waals surface area contributed by atoms with Crippen molar-refractivity contribution in [2.24, 2.45) is 0 Å². The van der Waals surface area contributed by atoms with Crippen LogP contribution in [0.3, 0.4) is 0 Å². The van der Waals surface area contributed by atoms with Crippen molar-refractivity contribution in [2.45, 2.75) is 13.8 Å². The average molecular weight is 382 g/mol. The van der Waals surface area contributed by atoms with Gasteiger partial charge in [-0.2, -0.15) is 0 Å². The van der Waals surface area contributed by atoms with Crippen LogP contribution in [0.2, 0.25) is 0 Å². The maximum atomic E-state index is 12.8. The zero-order valence-corrected chi connectivity index (χ0v) is 15.8. The minimum absolute atomic E-state index is 0.0620. The van der Waals surface area contributed by atoms with E-state index in [1.165, 1.54) is 19.1 Å². The predicted octanol–water partition coefficient (Wildman–Crippen LogP) is 2.82. The van der Waals surface area contributed by atoms with E-state index in [0.29, 0.717) is 37.4 Å². The number of carbonyl (C=O) groups excluding carboxylic acids is 2. The fourth-order valence-corrected chi connectivity index (χ4v) is 3.21. The molecule has 1 fully saturated rings. The maximum absolute atomic E-state index is 12.8. The Morgan fingerprint density at radius 2 is 1.68 bits per heavy atom. The summed E-state index contributed by atoms with van der Waals surface area (Å²) in [5.41, 5.74) is 3.05. The first-order valence-corrected chi connectivity index (χ1v) is 9.02. The van der Waals surface area contributed by atoms with Crippen LogP contribution in [-0.4, -0.2) is 47.8 Å². The number of hydrogen-bond donors (Lipinski definition) is 1. The van der Waals surface area contributed by atoms with Gasteiger partial charge in [0.15, 0.2) is 0 Å². The molecule has 28 heavy (non-hydrogen) atoms. The molecule has 0 bridgehead atoms. The lowest BCUT2D eigenvalue weighted by molar-refractivity contribution is -0.384. The molecule has 8 nitrogen and oxygen atoms in total. The zero-order chi connectivity index (χ0) is 20.3. The molecule has 1 aliphatic rings. The van der Waals surface area contributed by atoms with Gasteiger partial charge in [0.25, 0.3) is 11.6 Å². The zero-order valence-electron chi connectivity index (χ0n) is 15.8. The fraction of sp³-hybridized carbons (Fsp3) is 0.300. The Morgan fingerprint density at radius 3 is 2.25 bits per heavy atom. The van der Waals surface area contributed by atoms with Gasteiger partial charge in [0.05, 0.1) is 4.92 Å². The van der Waals surface area contributed by atoms with Gasteiger partial charge < -0.3 is 15.1 Å². The molecule has 3 rings (SSSR count). The topological polar surface area (TPSA) is 95.8 Å². The molecule has 2 aromatic rings. The van der Waals surface area contributed by atoms with Crippen LogP contribution in [0.4, 0.5) is 17.1 Å². The largest absolute Gasteiger partial charge is 0.368 e. The lowest BCUT2D eigenvalue weighted by Crippen LogP contribution is -2.48. The smallest absolute Gasteiger partial charge is 0.269 e. The number of carbonyl (C=O) groups is 2. The van der Waals surface area contributed by atoms with Crippen LogP contribution >= 0.6 is 0 Å². The number of piperazine rings is 1. The van der Waals surface area contributed by atoms with Gasteiger partial charge in [0, 0.05) is 62.2 Å². The molecule has 0 aromatic heterocycles. The van der Waals surface area contributed by atoms with E-state index in [4.69, 9.17) is 0 Å². The van der Waals surface area contributed by atoms with E-state index in [-0.39, 0.29) is 17.5 Å². The standard InChI is InChI=1S/C20H22N4O4/c1-14-3-4-16(13-19(14)21-15(2)25)20(26)23-11-9-22(10-12-23)17-5-7-18(8-6-17)24(27)28/h3-8,13H,9-12H2,1-2H3,(H,21,25). The van der Waals surface area contributed by atoms with Crippen molar-refractivity contribution >= 4 is 28.9 Å². The highest BCUT2D eigenvalue weighted by molar-refractivity contribution is 5.97. The van der Waals surface area contributed by atoms with E-state index in [2.05, 4.69) is 10.2 Å². The van der Waals surface area contributed by atoms with Crippen molar-refractivity contribution in [2.75, 3.05) is 36.4 Å². The lowest BCUT2D eigenvalue weighted by Gasteiger charge is -2.36. The third-order valence-corrected chi connectivity index (χ3v) is 4.79. The molecule has 146 valence electrons. The number of hydrogen-bond acceptors (Lipinski definition) is 5. The van der Waals surface area contributed by atoms with Crippen LogP contribution in [0.25, 0.3) is 0 Å². The molecule has 0 radical (unpaired) electrons. The first-order chi connectivity index (χ1) is 13.3. The number of nitrogens with zero attached hydrogens (tertiary/aromatic N) is 3. The second-order valence-corrected chi connectivity index (χ2v) is 6.76. The maximum Gasteiger partial charge on any atom is 0.269 e. The van der Waals surface area contributed by atoms with Gasteiger partial charge >= 0.3 is 0 Å². The molecule has 0 saturated carbocycles. The van der Waals surface area contributed by atoms with Gasteiger partial charge in [-0.1, -0.05) is 6.07 Å². The Bertz CT molecular complexity index is 903. The van der Waals surface area contributed by atoms with Gasteiger partial charge in [0.2, 0.25) is 5.91 Å². The molecule has 0 unspecified atom stereocenters. The summed E-state index contributed by atoms with van der Waals surface area (Å²) in [5, 5.41) is 13.5. The Morgan fingerprint density at radius 1 is 1.04 bits per heavy atom. The molecule has 0 aliphatic carbocycles. The predicted molar refractivity (Wildman–Crippen MR) is 107 cm³/mol. The quantitative estimate of drug-likeness (QED) is 0.648. The molecule has 1 aliphatic heterocycles. The second-order valence-electron chi connectivity index (χ2n) is 6.76. The van der Waals surface area contributed by atoms with E-state index < -0.39 is 4.92 Å². The molecular weight excluding hydrogens is 360 g/mol. The fourth-order valence-electron chi connectivity index (χ4n) is 3.21. The Balaban J connectivity index is 1.65. The van der Waals surface area contributed by atoms with Crippen molar-refractivity contribution in [3.8, 4) is 0 Å². The number of aryl methyl sites for hydroxylation is 1. The summed E-state index contributed by atoms with van der Waals surface area (Å²) in [6.07, 6.45) is 0. The highest BCUT2D eigenvalue weighted by Crippen LogP contribution is 2.22. The number of non-ortho nitro benzene ring substituents is 1. The molecule has 0 atom stereocenters. The number of nitrogens with one attached hydrogen (secondary N) is 1. The second kappa shape index (κ2) is 8.08. The van der Waals surface area contributed by atoms with Crippen LogP contribution in [0.5, 0.6) is 0 Å². The normalized spacial score (nSPS) is 13.9. The van der Waals surface area contributed by atoms with E-state index >= 15 is 0 Å². The number of nitro groups is 1. The van der Waals surface area contributed by atoms with Crippen LogP contribution in [0, 0.1) is 17.0 Å². The molecular formula is C20H22N4O4. The molecule has 1 heterocycles. The van der Waals surface area contributed by atoms with Crippen LogP contribution in [-0.2, 0) is 4.79 Å². The summed E-state index contributed by atoms with van der Waals surface area (Å²) < 4.78 is 0. The van der Waals surface area contributed by atoms with E-state index in [1.54, 1.807) is 29.2 Å². The van der Waals surface area contributed by atoms with Crippen molar-refractivity contribution in [1.82, 2.24) is 4.90 Å². The highest BCUT2D eigenvalue weighted by atomic mass is 16.6. The summed E-state index contributed by atoms with van der Waals surface area (Å²) in [6.45, 7) is 5.72. The summed E-state index contributed by atoms with van der Waals surface area (Å²) in [7, 11) is 0. The third-order valence-electron chi connectivity index (χ3n) is 4.79. The minimum Gasteiger partial charge on any atom is -0.368 e. The SMILES string of the molecule is CC(=O)Nc1cc(C(=O)N2CCN(c3ccc([N+](=O)[O-])cc3)CC2)ccc1C. The lowest BCUT2D eigenvalue weighted by atomic mass is 10.1. The van der Waals surface area contributed by atoms with Crippen molar-refractivity contribution in [3.63, 3.8) is 0 Å². The molecule has 1 N–H and O–H groups in total. The van der Waals surface area contributed by atoms with Crippen molar-refractivity contribution < 1.29 is 14.5 Å². The minimum atomic E-state index is -0.419. The van der Waals surface area contributed by atoms with Crippen molar-refractivity contribution in [3.05, 3.63) is 63.7 Å². The Labute approximate surface area is 162 Å². The number of nitro benzene ring substituents is 1. The van der Waals surface area contributed by atoms with E-state index in [0.717, 1.165) is 11.3 Å². The summed E-state index contributed by atoms with van der Waals surface area (Å²) in [6, 6.07) is 11.7. The monoisotopic (exact) mass is 382 g/mol. The highest BCUT2D eigenvalue weighted by Gasteiger charge is 2.23. The molecule has 2 aromatic carbocycles. The summed E-state index contributed by atoms with van der Waals surface area (Å²) >= 11 is 0. The number of rotatable bonds is 4. The first-order valence-electron chi connectivity index (χ1n) is 9.02. The number of amides is 2. The van der Waals surface area contributed by atoms with Crippen LogP contribution < -0.4 is 10.2 Å². The molecule has 8 heteroatoms. The molecule has 1 saturated heterocycles. The molecule has 0 spiro atoms. The third kappa shape index (κ3) is 4.28. The van der Waals surface area contributed by atoms with Crippen LogP contribution in [0.15, 0.2) is 42.5 Å².